The summed E-state index contributed by atoms with van der Waals surface area (Å²) < 4.78 is 4.46. The Morgan fingerprint density at radius 2 is 1.83 bits per heavy atom. The summed E-state index contributed by atoms with van der Waals surface area (Å²) in [5.41, 5.74) is 4.76. The average Bonchev–Trinajstić information content (AvgIpc) is 2.34. The summed E-state index contributed by atoms with van der Waals surface area (Å²) in [5, 5.41) is 11.6. The van der Waals surface area contributed by atoms with E-state index in [0.29, 0.717) is 12.8 Å². The molecule has 0 heterocycles. The number of primary amides is 1. The average molecular weight is 258 g/mol. The number of hydrogen-bond donors (Lipinski definition) is 3. The maximum absolute atomic E-state index is 11.8. The van der Waals surface area contributed by atoms with Crippen LogP contribution in [-0.2, 0) is 14.3 Å². The number of amides is 2. The summed E-state index contributed by atoms with van der Waals surface area (Å²) in [6.07, 6.45) is 1.92. The van der Waals surface area contributed by atoms with Crippen molar-refractivity contribution in [3.05, 3.63) is 0 Å². The van der Waals surface area contributed by atoms with E-state index in [1.807, 2.05) is 0 Å². The van der Waals surface area contributed by atoms with Crippen LogP contribution < -0.4 is 11.1 Å². The topological polar surface area (TPSA) is 119 Å². The van der Waals surface area contributed by atoms with Gasteiger partial charge in [0, 0.05) is 0 Å². The SMILES string of the molecule is NC(=O)OCCNC(=O)[C@@H]1CCCC[C@@H]1C(=O)O. The van der Waals surface area contributed by atoms with Crippen LogP contribution in [-0.4, -0.2) is 36.2 Å². The highest BCUT2D eigenvalue weighted by atomic mass is 16.5. The summed E-state index contributed by atoms with van der Waals surface area (Å²) in [6, 6.07) is 0. The second-order valence-electron chi connectivity index (χ2n) is 4.29. The third-order valence-electron chi connectivity index (χ3n) is 3.07. The fourth-order valence-electron chi connectivity index (χ4n) is 2.20. The first-order chi connectivity index (χ1) is 8.52. The lowest BCUT2D eigenvalue weighted by Crippen LogP contribution is -2.41. The van der Waals surface area contributed by atoms with Gasteiger partial charge in [0.25, 0.3) is 0 Å². The van der Waals surface area contributed by atoms with Crippen LogP contribution in [0.4, 0.5) is 4.79 Å². The number of carbonyl (C=O) groups is 3. The van der Waals surface area contributed by atoms with Gasteiger partial charge in [0.1, 0.15) is 6.61 Å². The molecule has 1 aliphatic carbocycles. The van der Waals surface area contributed by atoms with Crippen molar-refractivity contribution in [3.63, 3.8) is 0 Å². The highest BCUT2D eigenvalue weighted by Crippen LogP contribution is 2.30. The molecule has 102 valence electrons. The van der Waals surface area contributed by atoms with E-state index in [-0.39, 0.29) is 19.1 Å². The molecule has 0 aromatic carbocycles. The summed E-state index contributed by atoms with van der Waals surface area (Å²) in [7, 11) is 0. The Hall–Kier alpha value is -1.79. The van der Waals surface area contributed by atoms with Gasteiger partial charge >= 0.3 is 12.1 Å². The highest BCUT2D eigenvalue weighted by Gasteiger charge is 2.35. The van der Waals surface area contributed by atoms with Gasteiger partial charge in [-0.2, -0.15) is 0 Å². The Balaban J connectivity index is 2.38. The van der Waals surface area contributed by atoms with Gasteiger partial charge in [0.05, 0.1) is 18.4 Å². The van der Waals surface area contributed by atoms with Crippen molar-refractivity contribution in [2.75, 3.05) is 13.2 Å². The van der Waals surface area contributed by atoms with Gasteiger partial charge in [-0.05, 0) is 12.8 Å². The molecule has 0 spiro atoms. The second-order valence-corrected chi connectivity index (χ2v) is 4.29. The van der Waals surface area contributed by atoms with E-state index in [9.17, 15) is 14.4 Å². The van der Waals surface area contributed by atoms with Crippen molar-refractivity contribution in [1.29, 1.82) is 0 Å². The molecule has 2 amide bonds. The van der Waals surface area contributed by atoms with Crippen molar-refractivity contribution in [2.45, 2.75) is 25.7 Å². The monoisotopic (exact) mass is 258 g/mol. The molecule has 1 rings (SSSR count). The Labute approximate surface area is 105 Å². The molecular weight excluding hydrogens is 240 g/mol. The van der Waals surface area contributed by atoms with Crippen LogP contribution in [0.5, 0.6) is 0 Å². The van der Waals surface area contributed by atoms with E-state index in [0.717, 1.165) is 12.8 Å². The number of nitrogens with one attached hydrogen (secondary N) is 1. The molecule has 0 aliphatic heterocycles. The van der Waals surface area contributed by atoms with Gasteiger partial charge in [-0.1, -0.05) is 12.8 Å². The first kappa shape index (κ1) is 14.3. The van der Waals surface area contributed by atoms with E-state index >= 15 is 0 Å². The number of carbonyl (C=O) groups excluding carboxylic acids is 2. The molecule has 0 bridgehead atoms. The number of aliphatic carboxylic acids is 1. The molecule has 7 nitrogen and oxygen atoms in total. The Morgan fingerprint density at radius 1 is 1.22 bits per heavy atom. The van der Waals surface area contributed by atoms with Crippen LogP contribution in [0, 0.1) is 11.8 Å². The lowest BCUT2D eigenvalue weighted by molar-refractivity contribution is -0.148. The fourth-order valence-corrected chi connectivity index (χ4v) is 2.20. The smallest absolute Gasteiger partial charge is 0.404 e. The van der Waals surface area contributed by atoms with Gasteiger partial charge in [-0.15, -0.1) is 0 Å². The maximum atomic E-state index is 11.8. The molecule has 1 saturated carbocycles. The Bertz CT molecular complexity index is 331. The first-order valence-electron chi connectivity index (χ1n) is 5.95. The van der Waals surface area contributed by atoms with Crippen molar-refractivity contribution < 1.29 is 24.2 Å². The summed E-state index contributed by atoms with van der Waals surface area (Å²) >= 11 is 0. The standard InChI is InChI=1S/C11H18N2O5/c12-11(17)18-6-5-13-9(14)7-3-1-2-4-8(7)10(15)16/h7-8H,1-6H2,(H2,12,17)(H,13,14)(H,15,16)/t7-,8+/m1/s1. The zero-order valence-corrected chi connectivity index (χ0v) is 10.1. The minimum atomic E-state index is -0.928. The van der Waals surface area contributed by atoms with E-state index in [4.69, 9.17) is 10.8 Å². The molecular formula is C11H18N2O5. The first-order valence-corrected chi connectivity index (χ1v) is 5.95. The molecule has 0 aromatic heterocycles. The minimum absolute atomic E-state index is 0.00840. The van der Waals surface area contributed by atoms with E-state index in [1.54, 1.807) is 0 Å². The van der Waals surface area contributed by atoms with Crippen LogP contribution in [0.15, 0.2) is 0 Å². The second kappa shape index (κ2) is 6.83. The summed E-state index contributed by atoms with van der Waals surface area (Å²) in [6.45, 7) is 0.135. The number of carboxylic acid groups (broad SMARTS) is 1. The third-order valence-corrected chi connectivity index (χ3v) is 3.07. The van der Waals surface area contributed by atoms with Gasteiger partial charge in [-0.25, -0.2) is 4.79 Å². The van der Waals surface area contributed by atoms with E-state index in [2.05, 4.69) is 10.1 Å². The molecule has 0 aromatic rings. The highest BCUT2D eigenvalue weighted by molar-refractivity contribution is 5.84. The number of ether oxygens (including phenoxy) is 1. The Morgan fingerprint density at radius 3 is 2.39 bits per heavy atom. The molecule has 4 N–H and O–H groups in total. The fraction of sp³-hybridized carbons (Fsp3) is 0.727. The quantitative estimate of drug-likeness (QED) is 0.604. The van der Waals surface area contributed by atoms with Gasteiger partial charge in [0.15, 0.2) is 0 Å². The van der Waals surface area contributed by atoms with Crippen molar-refractivity contribution in [3.8, 4) is 0 Å². The summed E-state index contributed by atoms with van der Waals surface area (Å²) in [5.74, 6) is -2.33. The van der Waals surface area contributed by atoms with Crippen LogP contribution in [0.1, 0.15) is 25.7 Å². The van der Waals surface area contributed by atoms with Crippen LogP contribution >= 0.6 is 0 Å². The third kappa shape index (κ3) is 4.23. The Kier molecular flexibility index (Phi) is 5.41. The van der Waals surface area contributed by atoms with Gasteiger partial charge in [-0.3, -0.25) is 9.59 Å². The zero-order chi connectivity index (χ0) is 13.5. The predicted molar refractivity (Wildman–Crippen MR) is 61.6 cm³/mol. The number of carboxylic acids is 1. The largest absolute Gasteiger partial charge is 0.481 e. The zero-order valence-electron chi connectivity index (χ0n) is 10.1. The van der Waals surface area contributed by atoms with Crippen molar-refractivity contribution in [2.24, 2.45) is 17.6 Å². The molecule has 0 saturated heterocycles. The lowest BCUT2D eigenvalue weighted by atomic mass is 9.79. The normalized spacial score (nSPS) is 23.1. The summed E-state index contributed by atoms with van der Waals surface area (Å²) in [4.78, 5) is 33.1. The molecule has 0 radical (unpaired) electrons. The van der Waals surface area contributed by atoms with Gasteiger partial charge < -0.3 is 20.9 Å². The molecule has 1 fully saturated rings. The number of hydrogen-bond acceptors (Lipinski definition) is 4. The molecule has 2 atom stereocenters. The molecule has 1 aliphatic rings. The number of nitrogens with two attached hydrogens (primary N) is 1. The number of rotatable bonds is 5. The van der Waals surface area contributed by atoms with Crippen LogP contribution in [0.25, 0.3) is 0 Å². The lowest BCUT2D eigenvalue weighted by Gasteiger charge is -2.27. The van der Waals surface area contributed by atoms with Gasteiger partial charge in [0.2, 0.25) is 5.91 Å². The molecule has 18 heavy (non-hydrogen) atoms. The molecule has 0 unspecified atom stereocenters. The maximum Gasteiger partial charge on any atom is 0.404 e. The van der Waals surface area contributed by atoms with Crippen molar-refractivity contribution in [1.82, 2.24) is 5.32 Å². The van der Waals surface area contributed by atoms with E-state index in [1.165, 1.54) is 0 Å². The predicted octanol–water partition coefficient (Wildman–Crippen LogP) is 0.0889. The molecule has 7 heteroatoms. The van der Waals surface area contributed by atoms with Crippen molar-refractivity contribution >= 4 is 18.0 Å². The van der Waals surface area contributed by atoms with E-state index < -0.39 is 23.9 Å². The van der Waals surface area contributed by atoms with Crippen LogP contribution in [0.2, 0.25) is 0 Å². The van der Waals surface area contributed by atoms with Crippen LogP contribution in [0.3, 0.4) is 0 Å². The minimum Gasteiger partial charge on any atom is -0.481 e.